The average molecular weight is 406 g/mol. The summed E-state index contributed by atoms with van der Waals surface area (Å²) in [4.78, 5) is 34.9. The summed E-state index contributed by atoms with van der Waals surface area (Å²) in [7, 11) is -4.56. The summed E-state index contributed by atoms with van der Waals surface area (Å²) in [5, 5.41) is 0. The second-order valence-corrected chi connectivity index (χ2v) is 6.80. The van der Waals surface area contributed by atoms with Crippen molar-refractivity contribution in [3.05, 3.63) is 24.3 Å². The van der Waals surface area contributed by atoms with Gasteiger partial charge in [0.15, 0.2) is 0 Å². The van der Waals surface area contributed by atoms with Crippen LogP contribution in [0.5, 0.6) is 0 Å². The van der Waals surface area contributed by atoms with Crippen LogP contribution in [-0.2, 0) is 38.7 Å². The van der Waals surface area contributed by atoms with Crippen LogP contribution in [0.2, 0.25) is 0 Å². The Bertz CT molecular complexity index is 621. The monoisotopic (exact) mass is 406 g/mol. The molecule has 140 valence electrons. The molecule has 9 nitrogen and oxygen atoms in total. The van der Waals surface area contributed by atoms with E-state index >= 15 is 0 Å². The number of rotatable bonds is 9. The van der Waals surface area contributed by atoms with E-state index in [4.69, 9.17) is 14.0 Å². The van der Waals surface area contributed by atoms with Crippen LogP contribution < -0.4 is 0 Å². The van der Waals surface area contributed by atoms with Gasteiger partial charge in [0.05, 0.1) is 0 Å². The number of esters is 3. The third kappa shape index (κ3) is 10.6. The molecular weight excluding hydrogens is 384 g/mol. The van der Waals surface area contributed by atoms with Crippen molar-refractivity contribution < 1.29 is 41.6 Å². The van der Waals surface area contributed by atoms with Gasteiger partial charge in [-0.05, 0) is 20.8 Å². The topological polar surface area (TPSA) is 133 Å². The summed E-state index contributed by atoms with van der Waals surface area (Å²) < 4.78 is 44.1. The normalized spacial score (nSPS) is 10.9. The molecule has 0 aromatic heterocycles. The van der Waals surface area contributed by atoms with E-state index in [0.717, 1.165) is 0 Å². The Morgan fingerprint density at radius 2 is 1.32 bits per heavy atom. The first-order chi connectivity index (χ1) is 10.8. The summed E-state index contributed by atoms with van der Waals surface area (Å²) in [6.45, 7) is 9.61. The van der Waals surface area contributed by atoms with Crippen LogP contribution in [-0.4, -0.2) is 87.8 Å². The molecule has 0 fully saturated rings. The van der Waals surface area contributed by atoms with Gasteiger partial charge in [0.1, 0.15) is 18.6 Å². The van der Waals surface area contributed by atoms with Crippen LogP contribution in [0.15, 0.2) is 24.3 Å². The molecule has 0 saturated heterocycles. The molecule has 0 spiro atoms. The molecule has 25 heavy (non-hydrogen) atoms. The van der Waals surface area contributed by atoms with Crippen molar-refractivity contribution in [1.29, 1.82) is 0 Å². The summed E-state index contributed by atoms with van der Waals surface area (Å²) in [6, 6.07) is 0. The number of hydrogen-bond donors (Lipinski definition) is 1. The fourth-order valence-electron chi connectivity index (χ4n) is 1.16. The fraction of sp³-hybridized carbons (Fsp3) is 0.500. The standard InChI is InChI=1S/C14H20O9S.Ca.2H/c1-9(2)11(15)21-6-14(5,7-22-12(16)10(3)4)13(17)23-8-24(18,19)20;;;/h1,3,6-8H2,2,4-5H3,(H,18,19,20);;;. The summed E-state index contributed by atoms with van der Waals surface area (Å²) >= 11 is 0. The van der Waals surface area contributed by atoms with E-state index in [1.807, 2.05) is 0 Å². The van der Waals surface area contributed by atoms with Crippen LogP contribution in [0.1, 0.15) is 20.8 Å². The third-order valence-corrected chi connectivity index (χ3v) is 2.99. The van der Waals surface area contributed by atoms with E-state index in [2.05, 4.69) is 17.9 Å². The Kier molecular flexibility index (Phi) is 11.5. The molecule has 0 aliphatic carbocycles. The SMILES string of the molecule is C=C(C)C(=O)OCC(C)(COC(=O)C(=C)C)C(=O)OCS(=O)(=O)O.[CaH2]. The molecule has 11 heteroatoms. The van der Waals surface area contributed by atoms with Crippen LogP contribution in [0.3, 0.4) is 0 Å². The second kappa shape index (κ2) is 10.9. The first kappa shape index (κ1) is 26.3. The minimum absolute atomic E-state index is 0. The number of carbonyl (C=O) groups excluding carboxylic acids is 3. The number of carbonyl (C=O) groups is 3. The fourth-order valence-corrected chi connectivity index (χ4v) is 1.41. The van der Waals surface area contributed by atoms with E-state index in [1.165, 1.54) is 20.8 Å². The van der Waals surface area contributed by atoms with Gasteiger partial charge in [0.2, 0.25) is 5.94 Å². The van der Waals surface area contributed by atoms with Gasteiger partial charge in [-0.3, -0.25) is 9.35 Å². The molecule has 0 saturated carbocycles. The zero-order chi connectivity index (χ0) is 19.1. The van der Waals surface area contributed by atoms with Gasteiger partial charge >= 0.3 is 65.8 Å². The molecule has 0 aromatic carbocycles. The zero-order valence-corrected chi connectivity index (χ0v) is 14.5. The maximum atomic E-state index is 12.1. The van der Waals surface area contributed by atoms with Crippen LogP contribution in [0.4, 0.5) is 0 Å². The van der Waals surface area contributed by atoms with Gasteiger partial charge in [-0.1, -0.05) is 13.2 Å². The van der Waals surface area contributed by atoms with Crippen LogP contribution >= 0.6 is 0 Å². The van der Waals surface area contributed by atoms with Gasteiger partial charge in [0.25, 0.3) is 0 Å². The van der Waals surface area contributed by atoms with Gasteiger partial charge in [-0.15, -0.1) is 0 Å². The quantitative estimate of drug-likeness (QED) is 0.180. The molecule has 0 aliphatic rings. The average Bonchev–Trinajstić information content (AvgIpc) is 2.46. The Morgan fingerprint density at radius 3 is 1.60 bits per heavy atom. The molecule has 0 aliphatic heterocycles. The Hall–Kier alpha value is -0.940. The van der Waals surface area contributed by atoms with Crippen molar-refractivity contribution >= 4 is 65.8 Å². The maximum absolute atomic E-state index is 12.1. The summed E-state index contributed by atoms with van der Waals surface area (Å²) in [5.41, 5.74) is -1.55. The van der Waals surface area contributed by atoms with E-state index in [0.29, 0.717) is 0 Å². The Balaban J connectivity index is 0. The van der Waals surface area contributed by atoms with Crippen LogP contribution in [0.25, 0.3) is 0 Å². The van der Waals surface area contributed by atoms with Crippen molar-refractivity contribution in [2.24, 2.45) is 5.41 Å². The molecule has 0 amide bonds. The first-order valence-electron chi connectivity index (χ1n) is 6.56. The predicted octanol–water partition coefficient (Wildman–Crippen LogP) is -0.296. The molecule has 0 radical (unpaired) electrons. The van der Waals surface area contributed by atoms with E-state index in [9.17, 15) is 22.8 Å². The molecule has 0 bridgehead atoms. The molecule has 0 aromatic rings. The Morgan fingerprint density at radius 1 is 0.960 bits per heavy atom. The molecule has 0 heterocycles. The van der Waals surface area contributed by atoms with Crippen molar-refractivity contribution in [2.75, 3.05) is 19.2 Å². The predicted molar refractivity (Wildman–Crippen MR) is 90.7 cm³/mol. The van der Waals surface area contributed by atoms with E-state index in [1.54, 1.807) is 0 Å². The van der Waals surface area contributed by atoms with Gasteiger partial charge < -0.3 is 14.2 Å². The second-order valence-electron chi connectivity index (χ2n) is 5.41. The van der Waals surface area contributed by atoms with Crippen molar-refractivity contribution in [3.63, 3.8) is 0 Å². The molecule has 1 N–H and O–H groups in total. The summed E-state index contributed by atoms with van der Waals surface area (Å²) in [5.74, 6) is -4.03. The minimum atomic E-state index is -4.56. The zero-order valence-electron chi connectivity index (χ0n) is 13.7. The van der Waals surface area contributed by atoms with Crippen molar-refractivity contribution in [1.82, 2.24) is 0 Å². The van der Waals surface area contributed by atoms with Crippen LogP contribution in [0, 0.1) is 5.41 Å². The van der Waals surface area contributed by atoms with Crippen molar-refractivity contribution in [3.8, 4) is 0 Å². The summed E-state index contributed by atoms with van der Waals surface area (Å²) in [6.07, 6.45) is 0. The molecular formula is C14H22CaO9S. The third-order valence-electron chi connectivity index (χ3n) is 2.57. The van der Waals surface area contributed by atoms with Gasteiger partial charge in [0, 0.05) is 11.1 Å². The molecule has 0 atom stereocenters. The number of ether oxygens (including phenoxy) is 3. The first-order valence-corrected chi connectivity index (χ1v) is 8.17. The van der Waals surface area contributed by atoms with E-state index in [-0.39, 0.29) is 48.9 Å². The van der Waals surface area contributed by atoms with E-state index < -0.39 is 52.6 Å². The number of hydrogen-bond acceptors (Lipinski definition) is 8. The molecule has 0 unspecified atom stereocenters. The Labute approximate surface area is 176 Å². The van der Waals surface area contributed by atoms with Crippen molar-refractivity contribution in [2.45, 2.75) is 20.8 Å². The molecule has 0 rings (SSSR count). The van der Waals surface area contributed by atoms with Gasteiger partial charge in [-0.2, -0.15) is 8.42 Å². The van der Waals surface area contributed by atoms with Gasteiger partial charge in [-0.25, -0.2) is 9.59 Å².